The Morgan fingerprint density at radius 2 is 1.55 bits per heavy atom. The number of carbonyl (C=O) groups is 1. The van der Waals surface area contributed by atoms with Crippen molar-refractivity contribution in [2.24, 2.45) is 0 Å². The van der Waals surface area contributed by atoms with Gasteiger partial charge in [0.2, 0.25) is 0 Å². The van der Waals surface area contributed by atoms with Crippen LogP contribution in [-0.4, -0.2) is 22.3 Å². The van der Waals surface area contributed by atoms with E-state index in [4.69, 9.17) is 9.16 Å². The molecular weight excluding hydrogens is 400 g/mol. The van der Waals surface area contributed by atoms with E-state index < -0.39 is 9.76 Å². The van der Waals surface area contributed by atoms with Crippen molar-refractivity contribution >= 4 is 27.9 Å². The SMILES string of the molecule is CCOC(=O)c1ccc(C=Cc2ccc(C(C)(C)O[SiH2]C(C)(C)C)c(C(C)C)c2)cc1. The molecule has 0 spiro atoms. The van der Waals surface area contributed by atoms with Crippen LogP contribution in [0.15, 0.2) is 42.5 Å². The van der Waals surface area contributed by atoms with E-state index in [9.17, 15) is 4.79 Å². The maximum absolute atomic E-state index is 11.8. The molecule has 2 aromatic rings. The zero-order valence-electron chi connectivity index (χ0n) is 20.4. The maximum Gasteiger partial charge on any atom is 0.338 e. The van der Waals surface area contributed by atoms with Gasteiger partial charge in [0.1, 0.15) is 0 Å². The molecule has 0 aromatic heterocycles. The lowest BCUT2D eigenvalue weighted by Crippen LogP contribution is -2.29. The monoisotopic (exact) mass is 438 g/mol. The molecular formula is C27H38O3Si. The van der Waals surface area contributed by atoms with Crippen LogP contribution < -0.4 is 0 Å². The molecule has 0 radical (unpaired) electrons. The first-order valence-electron chi connectivity index (χ1n) is 11.2. The first kappa shape index (κ1) is 25.1. The van der Waals surface area contributed by atoms with E-state index in [1.165, 1.54) is 11.1 Å². The van der Waals surface area contributed by atoms with Gasteiger partial charge in [-0.3, -0.25) is 0 Å². The number of ether oxygens (including phenoxy) is 1. The Balaban J connectivity index is 2.23. The average molecular weight is 439 g/mol. The van der Waals surface area contributed by atoms with Gasteiger partial charge >= 0.3 is 5.97 Å². The second kappa shape index (κ2) is 10.4. The van der Waals surface area contributed by atoms with Crippen molar-refractivity contribution in [3.63, 3.8) is 0 Å². The van der Waals surface area contributed by atoms with Crippen LogP contribution in [0.1, 0.15) is 93.9 Å². The maximum atomic E-state index is 11.8. The van der Waals surface area contributed by atoms with Crippen molar-refractivity contribution in [2.45, 2.75) is 71.9 Å². The van der Waals surface area contributed by atoms with E-state index in [0.717, 1.165) is 11.1 Å². The van der Waals surface area contributed by atoms with Crippen LogP contribution in [0.5, 0.6) is 0 Å². The van der Waals surface area contributed by atoms with Crippen LogP contribution in [0, 0.1) is 0 Å². The summed E-state index contributed by atoms with van der Waals surface area (Å²) in [6.07, 6.45) is 4.19. The molecule has 0 atom stereocenters. The second-order valence-electron chi connectivity index (χ2n) is 10.0. The van der Waals surface area contributed by atoms with E-state index in [1.54, 1.807) is 12.1 Å². The Morgan fingerprint density at radius 3 is 2.10 bits per heavy atom. The molecule has 31 heavy (non-hydrogen) atoms. The fraction of sp³-hybridized carbons (Fsp3) is 0.444. The number of hydrogen-bond acceptors (Lipinski definition) is 3. The normalized spacial score (nSPS) is 12.9. The molecule has 0 bridgehead atoms. The molecule has 0 saturated carbocycles. The van der Waals surface area contributed by atoms with E-state index in [1.807, 2.05) is 19.1 Å². The first-order chi connectivity index (χ1) is 14.4. The van der Waals surface area contributed by atoms with Crippen molar-refractivity contribution in [3.8, 4) is 0 Å². The quantitative estimate of drug-likeness (QED) is 0.261. The summed E-state index contributed by atoms with van der Waals surface area (Å²) in [4.78, 5) is 11.8. The van der Waals surface area contributed by atoms with Crippen LogP contribution in [-0.2, 0) is 14.8 Å². The van der Waals surface area contributed by atoms with Crippen molar-refractivity contribution < 1.29 is 14.0 Å². The van der Waals surface area contributed by atoms with Crippen LogP contribution in [0.25, 0.3) is 12.2 Å². The third-order valence-corrected chi connectivity index (χ3v) is 6.83. The third-order valence-electron chi connectivity index (χ3n) is 5.10. The Morgan fingerprint density at radius 1 is 0.968 bits per heavy atom. The zero-order chi connectivity index (χ0) is 23.2. The minimum Gasteiger partial charge on any atom is -0.462 e. The summed E-state index contributed by atoms with van der Waals surface area (Å²) in [6.45, 7) is 17.8. The van der Waals surface area contributed by atoms with Crippen molar-refractivity contribution in [3.05, 3.63) is 70.3 Å². The lowest BCUT2D eigenvalue weighted by molar-refractivity contribution is 0.0526. The van der Waals surface area contributed by atoms with Gasteiger partial charge in [0.25, 0.3) is 0 Å². The smallest absolute Gasteiger partial charge is 0.338 e. The standard InChI is InChI=1S/C27H38O3Si/c1-9-29-25(28)22-15-12-20(13-16-22)10-11-21-14-17-24(23(18-21)19(2)3)27(7,8)30-31-26(4,5)6/h10-19H,9,31H2,1-8H3. The summed E-state index contributed by atoms with van der Waals surface area (Å²) in [5, 5.41) is 0.265. The van der Waals surface area contributed by atoms with Crippen molar-refractivity contribution in [1.29, 1.82) is 0 Å². The minimum absolute atomic E-state index is 0.265. The molecule has 0 aliphatic rings. The van der Waals surface area contributed by atoms with E-state index in [0.29, 0.717) is 18.1 Å². The highest BCUT2D eigenvalue weighted by Gasteiger charge is 2.27. The number of rotatable bonds is 8. The summed E-state index contributed by atoms with van der Waals surface area (Å²) in [7, 11) is -0.653. The van der Waals surface area contributed by atoms with Gasteiger partial charge in [-0.2, -0.15) is 0 Å². The molecule has 0 aliphatic heterocycles. The lowest BCUT2D eigenvalue weighted by Gasteiger charge is -2.33. The molecule has 0 unspecified atom stereocenters. The summed E-state index contributed by atoms with van der Waals surface area (Å²) >= 11 is 0. The van der Waals surface area contributed by atoms with Gasteiger partial charge in [-0.05, 0) is 66.1 Å². The molecule has 0 heterocycles. The van der Waals surface area contributed by atoms with Gasteiger partial charge < -0.3 is 9.16 Å². The fourth-order valence-electron chi connectivity index (χ4n) is 3.32. The first-order valence-corrected chi connectivity index (χ1v) is 12.4. The minimum atomic E-state index is -0.653. The summed E-state index contributed by atoms with van der Waals surface area (Å²) in [5.41, 5.74) is 5.09. The number of benzene rings is 2. The van der Waals surface area contributed by atoms with Crippen LogP contribution in [0.3, 0.4) is 0 Å². The van der Waals surface area contributed by atoms with Crippen LogP contribution >= 0.6 is 0 Å². The molecule has 2 rings (SSSR count). The van der Waals surface area contributed by atoms with Gasteiger partial charge in [-0.25, -0.2) is 4.79 Å². The predicted octanol–water partition coefficient (Wildman–Crippen LogP) is 6.71. The number of esters is 1. The highest BCUT2D eigenvalue weighted by atomic mass is 28.2. The topological polar surface area (TPSA) is 35.5 Å². The molecule has 0 saturated heterocycles. The molecule has 0 aliphatic carbocycles. The molecule has 0 fully saturated rings. The van der Waals surface area contributed by atoms with Crippen molar-refractivity contribution in [2.75, 3.05) is 6.61 Å². The summed E-state index contributed by atoms with van der Waals surface area (Å²) < 4.78 is 11.5. The largest absolute Gasteiger partial charge is 0.462 e. The third kappa shape index (κ3) is 7.48. The Bertz CT molecular complexity index is 903. The van der Waals surface area contributed by atoms with Gasteiger partial charge in [0.15, 0.2) is 9.76 Å². The molecule has 3 nitrogen and oxygen atoms in total. The molecule has 0 N–H and O–H groups in total. The zero-order valence-corrected chi connectivity index (χ0v) is 21.8. The highest BCUT2D eigenvalue weighted by molar-refractivity contribution is 6.31. The van der Waals surface area contributed by atoms with Crippen LogP contribution in [0.2, 0.25) is 5.04 Å². The number of hydrogen-bond donors (Lipinski definition) is 0. The lowest BCUT2D eigenvalue weighted by atomic mass is 9.86. The van der Waals surface area contributed by atoms with E-state index >= 15 is 0 Å². The Hall–Kier alpha value is -2.17. The van der Waals surface area contributed by atoms with Gasteiger partial charge in [-0.1, -0.05) is 77.1 Å². The average Bonchev–Trinajstić information content (AvgIpc) is 2.70. The van der Waals surface area contributed by atoms with Gasteiger partial charge in [0, 0.05) is 0 Å². The van der Waals surface area contributed by atoms with Crippen LogP contribution in [0.4, 0.5) is 0 Å². The summed E-state index contributed by atoms with van der Waals surface area (Å²) in [6, 6.07) is 14.1. The summed E-state index contributed by atoms with van der Waals surface area (Å²) in [5.74, 6) is 0.126. The Labute approximate surface area is 190 Å². The molecule has 2 aromatic carbocycles. The van der Waals surface area contributed by atoms with Crippen molar-refractivity contribution in [1.82, 2.24) is 0 Å². The van der Waals surface area contributed by atoms with E-state index in [-0.39, 0.29) is 16.6 Å². The number of carbonyl (C=O) groups excluding carboxylic acids is 1. The predicted molar refractivity (Wildman–Crippen MR) is 134 cm³/mol. The second-order valence-corrected chi connectivity index (χ2v) is 12.7. The molecule has 0 amide bonds. The van der Waals surface area contributed by atoms with E-state index in [2.05, 4.69) is 78.8 Å². The molecule has 168 valence electrons. The Kier molecular flexibility index (Phi) is 8.44. The van der Waals surface area contributed by atoms with Gasteiger partial charge in [0.05, 0.1) is 17.8 Å². The fourth-order valence-corrected chi connectivity index (χ4v) is 4.27. The van der Waals surface area contributed by atoms with Gasteiger partial charge in [-0.15, -0.1) is 0 Å². The molecule has 4 heteroatoms. The highest BCUT2D eigenvalue weighted by Crippen LogP contribution is 2.35.